The topological polar surface area (TPSA) is 109 Å². The lowest BCUT2D eigenvalue weighted by Gasteiger charge is -2.30. The molecular formula is C26H27FN6O4. The van der Waals surface area contributed by atoms with Crippen molar-refractivity contribution in [3.63, 3.8) is 0 Å². The second kappa shape index (κ2) is 10.8. The first kappa shape index (κ1) is 24.4. The van der Waals surface area contributed by atoms with Crippen molar-refractivity contribution in [2.75, 3.05) is 53.3 Å². The van der Waals surface area contributed by atoms with Crippen LogP contribution in [0.3, 0.4) is 0 Å². The Morgan fingerprint density at radius 3 is 2.62 bits per heavy atom. The maximum absolute atomic E-state index is 13.8. The molecule has 10 nitrogen and oxygen atoms in total. The van der Waals surface area contributed by atoms with Crippen molar-refractivity contribution in [2.45, 2.75) is 20.0 Å². The normalized spacial score (nSPS) is 14.8. The molecule has 2 aliphatic rings. The summed E-state index contributed by atoms with van der Waals surface area (Å²) in [5, 5.41) is 5.49. The Labute approximate surface area is 213 Å². The van der Waals surface area contributed by atoms with Crippen LogP contribution in [0.15, 0.2) is 48.8 Å². The van der Waals surface area contributed by atoms with Crippen molar-refractivity contribution in [3.8, 4) is 11.6 Å². The van der Waals surface area contributed by atoms with Gasteiger partial charge >= 0.3 is 6.03 Å². The average Bonchev–Trinajstić information content (AvgIpc) is 3.32. The number of ether oxygens (including phenoxy) is 2. The molecule has 0 spiro atoms. The van der Waals surface area contributed by atoms with Gasteiger partial charge in [0.15, 0.2) is 0 Å². The molecule has 3 aromatic rings. The van der Waals surface area contributed by atoms with Crippen LogP contribution in [0.5, 0.6) is 11.6 Å². The van der Waals surface area contributed by atoms with E-state index < -0.39 is 6.67 Å². The van der Waals surface area contributed by atoms with E-state index in [0.29, 0.717) is 62.1 Å². The van der Waals surface area contributed by atoms with Crippen LogP contribution in [0, 0.1) is 0 Å². The van der Waals surface area contributed by atoms with Crippen molar-refractivity contribution < 1.29 is 23.5 Å². The van der Waals surface area contributed by atoms with Crippen molar-refractivity contribution in [1.82, 2.24) is 9.97 Å². The summed E-state index contributed by atoms with van der Waals surface area (Å²) >= 11 is 0. The van der Waals surface area contributed by atoms with E-state index in [-0.39, 0.29) is 17.8 Å². The number of fused-ring (bicyclic) bond motifs is 1. The molecule has 5 rings (SSSR count). The standard InChI is InChI=1S/C26H27FN6O4/c1-17(34)30-24-14-25(29-16-28-24)37-21-3-5-23-18(13-21)6-7-33(23)26(35)31-20-2-4-22(19(12-20)15-27)32-8-10-36-11-9-32/h2-5,12-14,16H,6-11,15H2,1H3,(H,31,35)(H,28,29,30,34). The van der Waals surface area contributed by atoms with E-state index >= 15 is 0 Å². The Balaban J connectivity index is 1.26. The highest BCUT2D eigenvalue weighted by Crippen LogP contribution is 2.34. The van der Waals surface area contributed by atoms with E-state index in [0.717, 1.165) is 16.9 Å². The third-order valence-corrected chi connectivity index (χ3v) is 6.19. The predicted molar refractivity (Wildman–Crippen MR) is 137 cm³/mol. The number of nitrogens with one attached hydrogen (secondary N) is 2. The minimum atomic E-state index is -0.621. The molecule has 1 aromatic heterocycles. The van der Waals surface area contributed by atoms with E-state index in [1.54, 1.807) is 23.1 Å². The van der Waals surface area contributed by atoms with Crippen LogP contribution in [0.1, 0.15) is 18.1 Å². The first-order chi connectivity index (χ1) is 18.0. The monoisotopic (exact) mass is 506 g/mol. The minimum Gasteiger partial charge on any atom is -0.439 e. The van der Waals surface area contributed by atoms with Crippen molar-refractivity contribution in [2.24, 2.45) is 0 Å². The zero-order valence-electron chi connectivity index (χ0n) is 20.4. The Bertz CT molecular complexity index is 1310. The minimum absolute atomic E-state index is 0.241. The van der Waals surface area contributed by atoms with Crippen LogP contribution >= 0.6 is 0 Å². The average molecular weight is 507 g/mol. The number of anilines is 4. The van der Waals surface area contributed by atoms with Crippen molar-refractivity contribution in [1.29, 1.82) is 0 Å². The Morgan fingerprint density at radius 1 is 1.03 bits per heavy atom. The highest BCUT2D eigenvalue weighted by atomic mass is 19.1. The molecule has 0 atom stereocenters. The number of carbonyl (C=O) groups is 2. The van der Waals surface area contributed by atoms with Gasteiger partial charge in [0.05, 0.1) is 13.2 Å². The van der Waals surface area contributed by atoms with Crippen LogP contribution in [-0.4, -0.2) is 54.8 Å². The molecule has 3 amide bonds. The fourth-order valence-corrected chi connectivity index (χ4v) is 4.49. The highest BCUT2D eigenvalue weighted by Gasteiger charge is 2.26. The van der Waals surface area contributed by atoms with Gasteiger partial charge < -0.3 is 25.0 Å². The summed E-state index contributed by atoms with van der Waals surface area (Å²) in [6, 6.07) is 12.0. The third-order valence-electron chi connectivity index (χ3n) is 6.19. The largest absolute Gasteiger partial charge is 0.439 e. The summed E-state index contributed by atoms with van der Waals surface area (Å²) in [7, 11) is 0. The first-order valence-electron chi connectivity index (χ1n) is 12.0. The number of hydrogen-bond acceptors (Lipinski definition) is 7. The first-order valence-corrected chi connectivity index (χ1v) is 12.0. The molecule has 2 aliphatic heterocycles. The molecule has 0 radical (unpaired) electrons. The maximum Gasteiger partial charge on any atom is 0.326 e. The number of benzene rings is 2. The molecule has 0 unspecified atom stereocenters. The van der Waals surface area contributed by atoms with Gasteiger partial charge in [0, 0.05) is 55.2 Å². The number of carbonyl (C=O) groups excluding carboxylic acids is 2. The van der Waals surface area contributed by atoms with E-state index in [4.69, 9.17) is 9.47 Å². The summed E-state index contributed by atoms with van der Waals surface area (Å²) in [4.78, 5) is 36.1. The number of halogens is 1. The molecule has 2 aromatic carbocycles. The molecule has 192 valence electrons. The van der Waals surface area contributed by atoms with Gasteiger partial charge in [0.2, 0.25) is 11.8 Å². The number of nitrogens with zero attached hydrogens (tertiary/aromatic N) is 4. The fourth-order valence-electron chi connectivity index (χ4n) is 4.49. The maximum atomic E-state index is 13.8. The van der Waals surface area contributed by atoms with Gasteiger partial charge in [-0.3, -0.25) is 9.69 Å². The quantitative estimate of drug-likeness (QED) is 0.518. The van der Waals surface area contributed by atoms with Crippen LogP contribution in [-0.2, 0) is 22.6 Å². The number of amides is 3. The SMILES string of the molecule is CC(=O)Nc1cc(Oc2ccc3c(c2)CCN3C(=O)Nc2ccc(N3CCOCC3)c(CF)c2)ncn1. The third kappa shape index (κ3) is 5.61. The van der Waals surface area contributed by atoms with Gasteiger partial charge in [-0.2, -0.15) is 0 Å². The van der Waals surface area contributed by atoms with Crippen LogP contribution in [0.25, 0.3) is 0 Å². The lowest BCUT2D eigenvalue weighted by atomic mass is 10.1. The zero-order chi connectivity index (χ0) is 25.8. The van der Waals surface area contributed by atoms with Crippen LogP contribution in [0.4, 0.5) is 32.1 Å². The molecule has 0 bridgehead atoms. The summed E-state index contributed by atoms with van der Waals surface area (Å²) in [5.74, 6) is 0.945. The van der Waals surface area contributed by atoms with Gasteiger partial charge in [0.1, 0.15) is 24.6 Å². The van der Waals surface area contributed by atoms with Crippen LogP contribution in [0.2, 0.25) is 0 Å². The Kier molecular flexibility index (Phi) is 7.13. The number of alkyl halides is 1. The van der Waals surface area contributed by atoms with E-state index in [9.17, 15) is 14.0 Å². The molecular weight excluding hydrogens is 479 g/mol. The molecule has 3 heterocycles. The summed E-state index contributed by atoms with van der Waals surface area (Å²) in [5.41, 5.74) is 3.64. The van der Waals surface area contributed by atoms with Gasteiger partial charge in [-0.05, 0) is 48.4 Å². The number of aromatic nitrogens is 2. The Hall–Kier alpha value is -4.25. The van der Waals surface area contributed by atoms with Gasteiger partial charge in [-0.15, -0.1) is 0 Å². The van der Waals surface area contributed by atoms with Gasteiger partial charge in [-0.25, -0.2) is 19.2 Å². The molecule has 2 N–H and O–H groups in total. The Morgan fingerprint density at radius 2 is 1.84 bits per heavy atom. The molecule has 1 saturated heterocycles. The molecule has 1 fully saturated rings. The number of urea groups is 1. The highest BCUT2D eigenvalue weighted by molar-refractivity contribution is 6.03. The van der Waals surface area contributed by atoms with Crippen molar-refractivity contribution in [3.05, 3.63) is 59.9 Å². The molecule has 0 saturated carbocycles. The second-order valence-corrected chi connectivity index (χ2v) is 8.72. The second-order valence-electron chi connectivity index (χ2n) is 8.72. The van der Waals surface area contributed by atoms with E-state index in [2.05, 4.69) is 25.5 Å². The van der Waals surface area contributed by atoms with E-state index in [1.165, 1.54) is 19.3 Å². The number of hydrogen-bond donors (Lipinski definition) is 2. The lowest BCUT2D eigenvalue weighted by molar-refractivity contribution is -0.114. The van der Waals surface area contributed by atoms with Gasteiger partial charge in [0.25, 0.3) is 0 Å². The van der Waals surface area contributed by atoms with Gasteiger partial charge in [-0.1, -0.05) is 0 Å². The summed E-state index contributed by atoms with van der Waals surface area (Å²) in [6.07, 6.45) is 1.97. The number of rotatable bonds is 6. The summed E-state index contributed by atoms with van der Waals surface area (Å²) in [6.45, 7) is 3.93. The van der Waals surface area contributed by atoms with Crippen LogP contribution < -0.4 is 25.2 Å². The number of morpholine rings is 1. The molecule has 0 aliphatic carbocycles. The molecule has 11 heteroatoms. The zero-order valence-corrected chi connectivity index (χ0v) is 20.4. The van der Waals surface area contributed by atoms with Crippen molar-refractivity contribution >= 4 is 34.8 Å². The lowest BCUT2D eigenvalue weighted by Crippen LogP contribution is -2.36. The smallest absolute Gasteiger partial charge is 0.326 e. The fraction of sp³-hybridized carbons (Fsp3) is 0.308. The van der Waals surface area contributed by atoms with E-state index in [1.807, 2.05) is 18.2 Å². The summed E-state index contributed by atoms with van der Waals surface area (Å²) < 4.78 is 25.0. The molecule has 37 heavy (non-hydrogen) atoms. The predicted octanol–water partition coefficient (Wildman–Crippen LogP) is 4.13.